The molecule has 1 aliphatic heterocycles. The number of aromatic nitrogens is 2. The van der Waals surface area contributed by atoms with Crippen LogP contribution in [0.25, 0.3) is 0 Å². The average molecular weight is 254 g/mol. The van der Waals surface area contributed by atoms with Crippen LogP contribution in [0, 0.1) is 0 Å². The van der Waals surface area contributed by atoms with E-state index in [0.717, 1.165) is 13.1 Å². The Morgan fingerprint density at radius 2 is 2.11 bits per heavy atom. The number of rotatable bonds is 4. The minimum atomic E-state index is -0.443. The number of aliphatic hydroxyl groups excluding tert-OH is 1. The average Bonchev–Trinajstić information content (AvgIpc) is 2.61. The molecule has 3 atom stereocenters. The fourth-order valence-electron chi connectivity index (χ4n) is 2.48. The molecule has 0 spiro atoms. The molecule has 0 aliphatic carbocycles. The largest absolute Gasteiger partial charge is 0.396 e. The van der Waals surface area contributed by atoms with E-state index in [-0.39, 0.29) is 12.2 Å². The van der Waals surface area contributed by atoms with E-state index in [0.29, 0.717) is 18.8 Å². The van der Waals surface area contributed by atoms with Crippen molar-refractivity contribution in [1.29, 1.82) is 0 Å². The van der Waals surface area contributed by atoms with Crippen LogP contribution < -0.4 is 5.73 Å². The second-order valence-electron chi connectivity index (χ2n) is 5.13. The molecule has 2 heterocycles. The summed E-state index contributed by atoms with van der Waals surface area (Å²) >= 11 is 0. The smallest absolute Gasteiger partial charge is 0.0862 e. The molecule has 6 heteroatoms. The minimum Gasteiger partial charge on any atom is -0.396 e. The van der Waals surface area contributed by atoms with Crippen LogP contribution in [-0.2, 0) is 11.3 Å². The van der Waals surface area contributed by atoms with Crippen molar-refractivity contribution in [3.8, 4) is 0 Å². The van der Waals surface area contributed by atoms with Crippen LogP contribution in [0.4, 0.5) is 5.69 Å². The fourth-order valence-corrected chi connectivity index (χ4v) is 2.48. The maximum absolute atomic E-state index is 10.1. The second kappa shape index (κ2) is 5.69. The Morgan fingerprint density at radius 3 is 2.67 bits per heavy atom. The maximum Gasteiger partial charge on any atom is 0.0862 e. The molecule has 102 valence electrons. The molecule has 3 N–H and O–H groups in total. The first-order chi connectivity index (χ1) is 8.52. The highest BCUT2D eigenvalue weighted by molar-refractivity contribution is 5.30. The summed E-state index contributed by atoms with van der Waals surface area (Å²) in [6, 6.07) is 0. The zero-order chi connectivity index (χ0) is 13.1. The molecule has 6 nitrogen and oxygen atoms in total. The number of nitrogens with two attached hydrogens (primary N) is 1. The number of hydrogen-bond donors (Lipinski definition) is 2. The number of ether oxygens (including phenoxy) is 1. The van der Waals surface area contributed by atoms with Crippen LogP contribution in [-0.4, -0.2) is 57.7 Å². The number of morpholine rings is 1. The Kier molecular flexibility index (Phi) is 4.21. The summed E-state index contributed by atoms with van der Waals surface area (Å²) in [4.78, 5) is 2.23. The van der Waals surface area contributed by atoms with E-state index >= 15 is 0 Å². The zero-order valence-electron chi connectivity index (χ0n) is 11.0. The Morgan fingerprint density at radius 1 is 1.44 bits per heavy atom. The third-order valence-electron chi connectivity index (χ3n) is 3.02. The van der Waals surface area contributed by atoms with Crippen LogP contribution in [0.2, 0.25) is 0 Å². The number of aliphatic hydroxyl groups is 1. The topological polar surface area (TPSA) is 76.5 Å². The summed E-state index contributed by atoms with van der Waals surface area (Å²) in [6.07, 6.45) is 3.32. The second-order valence-corrected chi connectivity index (χ2v) is 5.13. The van der Waals surface area contributed by atoms with Crippen LogP contribution in [0.3, 0.4) is 0 Å². The molecule has 2 rings (SSSR count). The van der Waals surface area contributed by atoms with Gasteiger partial charge in [-0.15, -0.1) is 0 Å². The molecule has 1 fully saturated rings. The highest BCUT2D eigenvalue weighted by atomic mass is 16.5. The molecule has 1 aliphatic rings. The van der Waals surface area contributed by atoms with Gasteiger partial charge in [-0.2, -0.15) is 5.10 Å². The van der Waals surface area contributed by atoms with Crippen molar-refractivity contribution in [2.75, 3.05) is 25.4 Å². The van der Waals surface area contributed by atoms with E-state index in [1.54, 1.807) is 17.1 Å². The predicted octanol–water partition coefficient (Wildman–Crippen LogP) is -0.0646. The summed E-state index contributed by atoms with van der Waals surface area (Å²) < 4.78 is 7.34. The van der Waals surface area contributed by atoms with E-state index < -0.39 is 6.10 Å². The number of nitrogens with zero attached hydrogens (tertiary/aromatic N) is 3. The molecule has 0 radical (unpaired) electrons. The summed E-state index contributed by atoms with van der Waals surface area (Å²) in [6.45, 7) is 6.95. The van der Waals surface area contributed by atoms with E-state index in [2.05, 4.69) is 23.8 Å². The summed E-state index contributed by atoms with van der Waals surface area (Å²) in [5.41, 5.74) is 6.20. The SMILES string of the molecule is CC1CN(CC(O)Cn2cc(N)cn2)CC(C)O1. The van der Waals surface area contributed by atoms with E-state index in [1.807, 2.05) is 0 Å². The Hall–Kier alpha value is -1.11. The van der Waals surface area contributed by atoms with Gasteiger partial charge >= 0.3 is 0 Å². The maximum atomic E-state index is 10.1. The first kappa shape index (κ1) is 13.3. The number of hydrogen-bond acceptors (Lipinski definition) is 5. The van der Waals surface area contributed by atoms with Crippen LogP contribution in [0.1, 0.15) is 13.8 Å². The zero-order valence-corrected chi connectivity index (χ0v) is 11.0. The van der Waals surface area contributed by atoms with Gasteiger partial charge in [0, 0.05) is 25.8 Å². The van der Waals surface area contributed by atoms with Gasteiger partial charge in [-0.1, -0.05) is 0 Å². The molecule has 3 unspecified atom stereocenters. The van der Waals surface area contributed by atoms with Gasteiger partial charge in [-0.05, 0) is 13.8 Å². The van der Waals surface area contributed by atoms with Gasteiger partial charge in [0.25, 0.3) is 0 Å². The number of nitrogen functional groups attached to an aromatic ring is 1. The summed E-state index contributed by atoms with van der Waals surface area (Å²) in [5, 5.41) is 14.1. The molecule has 0 saturated carbocycles. The van der Waals surface area contributed by atoms with Gasteiger partial charge < -0.3 is 15.6 Å². The highest BCUT2D eigenvalue weighted by Gasteiger charge is 2.23. The van der Waals surface area contributed by atoms with Gasteiger partial charge in [-0.25, -0.2) is 0 Å². The van der Waals surface area contributed by atoms with Crippen molar-refractivity contribution < 1.29 is 9.84 Å². The van der Waals surface area contributed by atoms with Crippen molar-refractivity contribution in [3.63, 3.8) is 0 Å². The third-order valence-corrected chi connectivity index (χ3v) is 3.02. The first-order valence-electron chi connectivity index (χ1n) is 6.36. The summed E-state index contributed by atoms with van der Waals surface area (Å²) in [7, 11) is 0. The lowest BCUT2D eigenvalue weighted by atomic mass is 10.2. The molecule has 0 bridgehead atoms. The lowest BCUT2D eigenvalue weighted by molar-refractivity contribution is -0.0774. The number of anilines is 1. The van der Waals surface area contributed by atoms with Crippen molar-refractivity contribution in [1.82, 2.24) is 14.7 Å². The molecular weight excluding hydrogens is 232 g/mol. The van der Waals surface area contributed by atoms with E-state index in [9.17, 15) is 5.11 Å². The Bertz CT molecular complexity index is 372. The lowest BCUT2D eigenvalue weighted by Crippen LogP contribution is -2.48. The standard InChI is InChI=1S/C12H22N4O2/c1-9-4-15(5-10(2)18-9)7-12(17)8-16-6-11(13)3-14-16/h3,6,9-10,12,17H,4-5,7-8,13H2,1-2H3. The molecule has 1 aromatic heterocycles. The van der Waals surface area contributed by atoms with Crippen molar-refractivity contribution in [2.45, 2.75) is 38.7 Å². The Labute approximate surface area is 107 Å². The normalized spacial score (nSPS) is 27.3. The van der Waals surface area contributed by atoms with E-state index in [4.69, 9.17) is 10.5 Å². The quantitative estimate of drug-likeness (QED) is 0.787. The minimum absolute atomic E-state index is 0.223. The van der Waals surface area contributed by atoms with Crippen LogP contribution in [0.15, 0.2) is 12.4 Å². The molecule has 0 aromatic carbocycles. The van der Waals surface area contributed by atoms with Gasteiger partial charge in [0.05, 0.1) is 36.7 Å². The van der Waals surface area contributed by atoms with Crippen molar-refractivity contribution >= 4 is 5.69 Å². The fraction of sp³-hybridized carbons (Fsp3) is 0.750. The molecule has 1 aromatic rings. The van der Waals surface area contributed by atoms with Gasteiger partial charge in [0.15, 0.2) is 0 Å². The molecule has 0 amide bonds. The van der Waals surface area contributed by atoms with Gasteiger partial charge in [0.1, 0.15) is 0 Å². The van der Waals surface area contributed by atoms with E-state index in [1.165, 1.54) is 0 Å². The first-order valence-corrected chi connectivity index (χ1v) is 6.36. The number of β-amino-alcohol motifs (C(OH)–C–C–N with tert-alkyl or cyclic N) is 1. The van der Waals surface area contributed by atoms with Crippen molar-refractivity contribution in [3.05, 3.63) is 12.4 Å². The van der Waals surface area contributed by atoms with Crippen LogP contribution in [0.5, 0.6) is 0 Å². The monoisotopic (exact) mass is 254 g/mol. The van der Waals surface area contributed by atoms with Crippen LogP contribution >= 0.6 is 0 Å². The lowest BCUT2D eigenvalue weighted by Gasteiger charge is -2.36. The molecular formula is C12H22N4O2. The molecule has 18 heavy (non-hydrogen) atoms. The Balaban J connectivity index is 1.81. The predicted molar refractivity (Wildman–Crippen MR) is 69.1 cm³/mol. The van der Waals surface area contributed by atoms with Gasteiger partial charge in [0.2, 0.25) is 0 Å². The van der Waals surface area contributed by atoms with Crippen molar-refractivity contribution in [2.24, 2.45) is 0 Å². The molecule has 1 saturated heterocycles. The van der Waals surface area contributed by atoms with Gasteiger partial charge in [-0.3, -0.25) is 9.58 Å². The highest BCUT2D eigenvalue weighted by Crippen LogP contribution is 2.11. The third kappa shape index (κ3) is 3.69. The summed E-state index contributed by atoms with van der Waals surface area (Å²) in [5.74, 6) is 0.